The first-order valence-electron chi connectivity index (χ1n) is 9.48. The van der Waals surface area contributed by atoms with Crippen LogP contribution in [0.15, 0.2) is 36.4 Å². The van der Waals surface area contributed by atoms with Gasteiger partial charge in [-0.2, -0.15) is 0 Å². The van der Waals surface area contributed by atoms with Gasteiger partial charge in [-0.25, -0.2) is 0 Å². The summed E-state index contributed by atoms with van der Waals surface area (Å²) >= 11 is 0. The third kappa shape index (κ3) is 2.59. The SMILES string of the molecule is COc1cc2c(cc1O)-c1ccc3cc4c(cc3c1N(C)[C@H]2CC(C)=O)OCO4. The van der Waals surface area contributed by atoms with Crippen LogP contribution in [0.4, 0.5) is 5.69 Å². The molecular weight excluding hydrogens is 370 g/mol. The Morgan fingerprint density at radius 3 is 2.66 bits per heavy atom. The monoisotopic (exact) mass is 391 g/mol. The highest BCUT2D eigenvalue weighted by Gasteiger charge is 2.33. The van der Waals surface area contributed by atoms with Crippen molar-refractivity contribution in [2.45, 2.75) is 19.4 Å². The molecule has 0 fully saturated rings. The van der Waals surface area contributed by atoms with E-state index in [9.17, 15) is 9.90 Å². The molecule has 6 nitrogen and oxygen atoms in total. The maximum Gasteiger partial charge on any atom is 0.231 e. The van der Waals surface area contributed by atoms with Gasteiger partial charge in [-0.05, 0) is 47.7 Å². The number of phenols is 1. The first kappa shape index (κ1) is 17.7. The number of hydrogen-bond acceptors (Lipinski definition) is 6. The molecule has 3 aromatic rings. The number of aromatic hydroxyl groups is 1. The summed E-state index contributed by atoms with van der Waals surface area (Å²) in [5.41, 5.74) is 3.86. The highest BCUT2D eigenvalue weighted by atomic mass is 16.7. The van der Waals surface area contributed by atoms with E-state index >= 15 is 0 Å². The fraction of sp³-hybridized carbons (Fsp3) is 0.261. The minimum atomic E-state index is -0.166. The summed E-state index contributed by atoms with van der Waals surface area (Å²) in [4.78, 5) is 14.2. The third-order valence-corrected chi connectivity index (χ3v) is 5.79. The highest BCUT2D eigenvalue weighted by molar-refractivity contribution is 6.05. The van der Waals surface area contributed by atoms with Crippen molar-refractivity contribution in [1.29, 1.82) is 0 Å². The molecule has 1 N–H and O–H groups in total. The average molecular weight is 391 g/mol. The standard InChI is InChI=1S/C23H21NO5/c1-12(25)6-18-17-10-20(27-3)19(26)8-16(17)14-5-4-13-7-21-22(29-11-28-21)9-15(13)23(14)24(18)2/h4-5,7-10,18,26H,6,11H2,1-3H3/t18-/m0/s1. The minimum Gasteiger partial charge on any atom is -0.504 e. The number of phenolic OH excluding ortho intramolecular Hbond substituents is 1. The van der Waals surface area contributed by atoms with E-state index in [1.165, 1.54) is 7.11 Å². The molecule has 5 rings (SSSR count). The number of Topliss-reactive ketones (excluding diaryl/α,β-unsaturated/α-hetero) is 1. The van der Waals surface area contributed by atoms with Crippen LogP contribution in [0.25, 0.3) is 21.9 Å². The van der Waals surface area contributed by atoms with E-state index in [0.29, 0.717) is 17.9 Å². The van der Waals surface area contributed by atoms with Crippen molar-refractivity contribution in [3.05, 3.63) is 42.0 Å². The van der Waals surface area contributed by atoms with Gasteiger partial charge in [0.1, 0.15) is 5.78 Å². The van der Waals surface area contributed by atoms with Crippen molar-refractivity contribution >= 4 is 22.2 Å². The Balaban J connectivity index is 1.82. The number of carbonyl (C=O) groups is 1. The third-order valence-electron chi connectivity index (χ3n) is 5.79. The lowest BCUT2D eigenvalue weighted by Gasteiger charge is -2.38. The van der Waals surface area contributed by atoms with Crippen LogP contribution >= 0.6 is 0 Å². The molecule has 0 bridgehead atoms. The second kappa shape index (κ2) is 6.30. The van der Waals surface area contributed by atoms with E-state index in [1.54, 1.807) is 13.0 Å². The van der Waals surface area contributed by atoms with Crippen LogP contribution in [0.3, 0.4) is 0 Å². The maximum absolute atomic E-state index is 12.1. The van der Waals surface area contributed by atoms with Crippen LogP contribution in [-0.2, 0) is 4.79 Å². The van der Waals surface area contributed by atoms with Gasteiger partial charge >= 0.3 is 0 Å². The summed E-state index contributed by atoms with van der Waals surface area (Å²) in [5.74, 6) is 2.03. The Labute approximate surface area is 168 Å². The molecule has 0 saturated carbocycles. The van der Waals surface area contributed by atoms with E-state index in [4.69, 9.17) is 14.2 Å². The van der Waals surface area contributed by atoms with Gasteiger partial charge in [0.15, 0.2) is 23.0 Å². The number of fused-ring (bicyclic) bond motifs is 6. The topological polar surface area (TPSA) is 68.2 Å². The van der Waals surface area contributed by atoms with Gasteiger partial charge in [-0.15, -0.1) is 0 Å². The number of carbonyl (C=O) groups excluding carboxylic acids is 1. The fourth-order valence-corrected chi connectivity index (χ4v) is 4.44. The number of ketones is 1. The molecule has 2 aliphatic heterocycles. The van der Waals surface area contributed by atoms with Crippen LogP contribution in [0.5, 0.6) is 23.0 Å². The minimum absolute atomic E-state index is 0.0779. The molecule has 29 heavy (non-hydrogen) atoms. The van der Waals surface area contributed by atoms with Gasteiger partial charge in [0.05, 0.1) is 18.8 Å². The Morgan fingerprint density at radius 2 is 1.93 bits per heavy atom. The van der Waals surface area contributed by atoms with Crippen molar-refractivity contribution in [3.8, 4) is 34.1 Å². The van der Waals surface area contributed by atoms with Crippen LogP contribution in [0, 0.1) is 0 Å². The van der Waals surface area contributed by atoms with Crippen LogP contribution < -0.4 is 19.1 Å². The Bertz CT molecular complexity index is 1170. The van der Waals surface area contributed by atoms with E-state index in [-0.39, 0.29) is 24.4 Å². The number of hydrogen-bond donors (Lipinski definition) is 1. The zero-order valence-electron chi connectivity index (χ0n) is 16.5. The molecule has 6 heteroatoms. The largest absolute Gasteiger partial charge is 0.504 e. The molecule has 0 radical (unpaired) electrons. The zero-order chi connectivity index (χ0) is 20.3. The number of anilines is 1. The molecule has 0 amide bonds. The van der Waals surface area contributed by atoms with E-state index < -0.39 is 0 Å². The Morgan fingerprint density at radius 1 is 1.17 bits per heavy atom. The maximum atomic E-state index is 12.1. The molecule has 0 spiro atoms. The van der Waals surface area contributed by atoms with Crippen LogP contribution in [-0.4, -0.2) is 31.8 Å². The van der Waals surface area contributed by atoms with E-state index in [0.717, 1.165) is 38.9 Å². The molecule has 2 aliphatic rings. The fourth-order valence-electron chi connectivity index (χ4n) is 4.44. The molecule has 0 saturated heterocycles. The molecule has 0 unspecified atom stereocenters. The first-order chi connectivity index (χ1) is 14.0. The van der Waals surface area contributed by atoms with Gasteiger partial charge in [0.25, 0.3) is 0 Å². The predicted octanol–water partition coefficient (Wildman–Crippen LogP) is 4.42. The van der Waals surface area contributed by atoms with E-state index in [1.807, 2.05) is 37.4 Å². The average Bonchev–Trinajstić information content (AvgIpc) is 3.15. The Kier molecular flexibility index (Phi) is 3.84. The first-order valence-corrected chi connectivity index (χ1v) is 9.48. The molecule has 0 aliphatic carbocycles. The lowest BCUT2D eigenvalue weighted by molar-refractivity contribution is -0.117. The molecule has 3 aromatic carbocycles. The van der Waals surface area contributed by atoms with Crippen LogP contribution in [0.2, 0.25) is 0 Å². The number of rotatable bonds is 3. The highest BCUT2D eigenvalue weighted by Crippen LogP contribution is 2.52. The van der Waals surface area contributed by atoms with Gasteiger partial charge in [-0.3, -0.25) is 4.79 Å². The summed E-state index contributed by atoms with van der Waals surface area (Å²) in [7, 11) is 3.52. The van der Waals surface area contributed by atoms with Gasteiger partial charge in [0, 0.05) is 24.4 Å². The second-order valence-electron chi connectivity index (χ2n) is 7.53. The lowest BCUT2D eigenvalue weighted by atomic mass is 9.84. The smallest absolute Gasteiger partial charge is 0.231 e. The summed E-state index contributed by atoms with van der Waals surface area (Å²) in [5, 5.41) is 12.5. The predicted molar refractivity (Wildman–Crippen MR) is 110 cm³/mol. The quantitative estimate of drug-likeness (QED) is 0.713. The summed E-state index contributed by atoms with van der Waals surface area (Å²) in [6, 6.07) is 11.5. The van der Waals surface area contributed by atoms with E-state index in [2.05, 4.69) is 4.90 Å². The van der Waals surface area contributed by atoms with Gasteiger partial charge < -0.3 is 24.2 Å². The lowest BCUT2D eigenvalue weighted by Crippen LogP contribution is -2.30. The Hall–Kier alpha value is -3.41. The number of ether oxygens (including phenoxy) is 3. The van der Waals surface area contributed by atoms with Gasteiger partial charge in [0.2, 0.25) is 6.79 Å². The van der Waals surface area contributed by atoms with Crippen molar-refractivity contribution < 1.29 is 24.1 Å². The normalized spacial score (nSPS) is 16.5. The van der Waals surface area contributed by atoms with Crippen molar-refractivity contribution in [2.75, 3.05) is 25.9 Å². The molecule has 0 aromatic heterocycles. The zero-order valence-corrected chi connectivity index (χ0v) is 16.5. The van der Waals surface area contributed by atoms with Gasteiger partial charge in [-0.1, -0.05) is 12.1 Å². The molecule has 148 valence electrons. The van der Waals surface area contributed by atoms with Crippen molar-refractivity contribution in [2.24, 2.45) is 0 Å². The molecule has 1 atom stereocenters. The molecular formula is C23H21NO5. The number of benzene rings is 3. The summed E-state index contributed by atoms with van der Waals surface area (Å²) in [6.45, 7) is 1.81. The van der Waals surface area contributed by atoms with Crippen molar-refractivity contribution in [1.82, 2.24) is 0 Å². The van der Waals surface area contributed by atoms with Crippen molar-refractivity contribution in [3.63, 3.8) is 0 Å². The number of nitrogens with zero attached hydrogens (tertiary/aromatic N) is 1. The summed E-state index contributed by atoms with van der Waals surface area (Å²) in [6.07, 6.45) is 0.359. The molecule has 2 heterocycles. The van der Waals surface area contributed by atoms with Crippen LogP contribution in [0.1, 0.15) is 24.9 Å². The summed E-state index contributed by atoms with van der Waals surface area (Å²) < 4.78 is 16.4. The number of methoxy groups -OCH3 is 1. The second-order valence-corrected chi connectivity index (χ2v) is 7.53.